The Morgan fingerprint density at radius 3 is 0.867 bits per heavy atom. The molecule has 6 heteroatoms. The van der Waals surface area contributed by atoms with Crippen LogP contribution < -0.4 is 0 Å². The van der Waals surface area contributed by atoms with E-state index in [9.17, 15) is 14.4 Å². The smallest absolute Gasteiger partial charge is 0.306 e. The number of unbranched alkanes of at least 4 members (excludes halogenated alkanes) is 29. The van der Waals surface area contributed by atoms with Crippen LogP contribution in [0.25, 0.3) is 0 Å². The molecule has 0 aromatic carbocycles. The van der Waals surface area contributed by atoms with E-state index in [4.69, 9.17) is 14.2 Å². The molecule has 0 N–H and O–H groups in total. The normalized spacial score (nSPS) is 12.6. The van der Waals surface area contributed by atoms with E-state index in [1.54, 1.807) is 0 Å². The maximum absolute atomic E-state index is 12.8. The topological polar surface area (TPSA) is 78.9 Å². The van der Waals surface area contributed by atoms with Crippen molar-refractivity contribution in [2.75, 3.05) is 13.2 Å². The summed E-state index contributed by atoms with van der Waals surface area (Å²) in [4.78, 5) is 38.0. The minimum atomic E-state index is -0.763. The van der Waals surface area contributed by atoms with Gasteiger partial charge in [0.25, 0.3) is 0 Å². The highest BCUT2D eigenvalue weighted by molar-refractivity contribution is 5.71. The molecule has 2 atom stereocenters. The molecule has 0 bridgehead atoms. The quantitative estimate of drug-likeness (QED) is 0.0345. The largest absolute Gasteiger partial charge is 0.462 e. The van der Waals surface area contributed by atoms with Crippen LogP contribution in [0.4, 0.5) is 0 Å². The maximum atomic E-state index is 12.8. The number of hydrogen-bond acceptors (Lipinski definition) is 6. The molecule has 0 aliphatic rings. The van der Waals surface area contributed by atoms with E-state index >= 15 is 0 Å². The molecule has 0 saturated heterocycles. The van der Waals surface area contributed by atoms with E-state index < -0.39 is 6.10 Å². The van der Waals surface area contributed by atoms with Crippen LogP contribution in [0.3, 0.4) is 0 Å². The van der Waals surface area contributed by atoms with Crippen molar-refractivity contribution in [2.24, 2.45) is 17.8 Å². The zero-order chi connectivity index (χ0) is 44.2. The molecular weight excluding hydrogens is 745 g/mol. The molecule has 1 unspecified atom stereocenters. The average molecular weight is 849 g/mol. The van der Waals surface area contributed by atoms with Gasteiger partial charge in [-0.25, -0.2) is 0 Å². The van der Waals surface area contributed by atoms with Gasteiger partial charge in [0, 0.05) is 19.3 Å². The molecule has 0 aromatic rings. The molecule has 6 nitrogen and oxygen atoms in total. The van der Waals surface area contributed by atoms with Crippen molar-refractivity contribution in [2.45, 2.75) is 298 Å². The van der Waals surface area contributed by atoms with Crippen LogP contribution in [0, 0.1) is 17.8 Å². The molecular formula is C54H104O6. The highest BCUT2D eigenvalue weighted by Gasteiger charge is 2.19. The molecule has 0 aliphatic heterocycles. The van der Waals surface area contributed by atoms with E-state index in [-0.39, 0.29) is 31.1 Å². The first-order valence-electron chi connectivity index (χ1n) is 26.6. The third-order valence-electron chi connectivity index (χ3n) is 12.5. The summed E-state index contributed by atoms with van der Waals surface area (Å²) in [5, 5.41) is 0. The van der Waals surface area contributed by atoms with Gasteiger partial charge in [0.2, 0.25) is 0 Å². The van der Waals surface area contributed by atoms with Crippen molar-refractivity contribution in [3.63, 3.8) is 0 Å². The van der Waals surface area contributed by atoms with Crippen LogP contribution in [-0.4, -0.2) is 37.2 Å². The van der Waals surface area contributed by atoms with Gasteiger partial charge in [-0.15, -0.1) is 0 Å². The summed E-state index contributed by atoms with van der Waals surface area (Å²) in [6.07, 6.45) is 45.1. The molecule has 0 aliphatic carbocycles. The number of esters is 3. The van der Waals surface area contributed by atoms with E-state index in [1.807, 2.05) is 0 Å². The van der Waals surface area contributed by atoms with Crippen molar-refractivity contribution in [1.82, 2.24) is 0 Å². The summed E-state index contributed by atoms with van der Waals surface area (Å²) in [6.45, 7) is 13.7. The fraction of sp³-hybridized carbons (Fsp3) is 0.944. The van der Waals surface area contributed by atoms with Crippen molar-refractivity contribution in [1.29, 1.82) is 0 Å². The highest BCUT2D eigenvalue weighted by atomic mass is 16.6. The Morgan fingerprint density at radius 1 is 0.333 bits per heavy atom. The number of ether oxygens (including phenoxy) is 3. The second-order valence-corrected chi connectivity index (χ2v) is 19.7. The summed E-state index contributed by atoms with van der Waals surface area (Å²) in [6, 6.07) is 0. The Labute approximate surface area is 374 Å². The standard InChI is InChI=1S/C54H104O6/c1-7-50(6)42-36-30-24-18-13-14-20-27-33-39-45-54(57)60-51(47-59-53(56)44-38-32-26-21-15-17-23-29-35-41-49(4)5)46-58-52(55)43-37-31-25-19-12-10-8-9-11-16-22-28-34-40-48(2)3/h48-51H,7-47H2,1-6H3/t50?,51-/m1/s1. The van der Waals surface area contributed by atoms with E-state index in [2.05, 4.69) is 41.5 Å². The Hall–Kier alpha value is -1.59. The summed E-state index contributed by atoms with van der Waals surface area (Å²) in [5.74, 6) is 1.66. The number of carbonyl (C=O) groups is 3. The molecule has 0 saturated carbocycles. The minimum absolute atomic E-state index is 0.0646. The summed E-state index contributed by atoms with van der Waals surface area (Å²) in [5.41, 5.74) is 0. The fourth-order valence-corrected chi connectivity index (χ4v) is 8.08. The lowest BCUT2D eigenvalue weighted by Crippen LogP contribution is -2.30. The predicted molar refractivity (Wildman–Crippen MR) is 256 cm³/mol. The summed E-state index contributed by atoms with van der Waals surface area (Å²) < 4.78 is 16.8. The van der Waals surface area contributed by atoms with Crippen molar-refractivity contribution in [3.05, 3.63) is 0 Å². The van der Waals surface area contributed by atoms with Gasteiger partial charge in [0.05, 0.1) is 0 Å². The monoisotopic (exact) mass is 849 g/mol. The van der Waals surface area contributed by atoms with Crippen LogP contribution in [0.5, 0.6) is 0 Å². The van der Waals surface area contributed by atoms with Gasteiger partial charge in [-0.05, 0) is 37.0 Å². The van der Waals surface area contributed by atoms with Crippen LogP contribution in [0.15, 0.2) is 0 Å². The second kappa shape index (κ2) is 45.4. The zero-order valence-electron chi connectivity index (χ0n) is 41.3. The number of carbonyl (C=O) groups excluding carboxylic acids is 3. The van der Waals surface area contributed by atoms with Gasteiger partial charge in [0.15, 0.2) is 6.10 Å². The Balaban J connectivity index is 4.32. The van der Waals surface area contributed by atoms with E-state index in [0.29, 0.717) is 19.3 Å². The van der Waals surface area contributed by atoms with Crippen LogP contribution in [0.2, 0.25) is 0 Å². The lowest BCUT2D eigenvalue weighted by Gasteiger charge is -2.18. The molecule has 0 amide bonds. The predicted octanol–water partition coefficient (Wildman–Crippen LogP) is 17.2. The molecule has 0 radical (unpaired) electrons. The van der Waals surface area contributed by atoms with Crippen molar-refractivity contribution < 1.29 is 28.6 Å². The Kier molecular flexibility index (Phi) is 44.2. The average Bonchev–Trinajstić information content (AvgIpc) is 3.22. The first-order chi connectivity index (χ1) is 29.1. The van der Waals surface area contributed by atoms with Gasteiger partial charge >= 0.3 is 17.9 Å². The van der Waals surface area contributed by atoms with Gasteiger partial charge in [-0.1, -0.05) is 253 Å². The third kappa shape index (κ3) is 45.9. The first kappa shape index (κ1) is 58.4. The summed E-state index contributed by atoms with van der Waals surface area (Å²) in [7, 11) is 0. The second-order valence-electron chi connectivity index (χ2n) is 19.7. The first-order valence-corrected chi connectivity index (χ1v) is 26.6. The lowest BCUT2D eigenvalue weighted by atomic mass is 9.99. The maximum Gasteiger partial charge on any atom is 0.306 e. The van der Waals surface area contributed by atoms with Crippen molar-refractivity contribution >= 4 is 17.9 Å². The van der Waals surface area contributed by atoms with E-state index in [1.165, 1.54) is 173 Å². The van der Waals surface area contributed by atoms with Gasteiger partial charge < -0.3 is 14.2 Å². The number of rotatable bonds is 47. The minimum Gasteiger partial charge on any atom is -0.462 e. The third-order valence-corrected chi connectivity index (χ3v) is 12.5. The Morgan fingerprint density at radius 2 is 0.583 bits per heavy atom. The van der Waals surface area contributed by atoms with Gasteiger partial charge in [-0.3, -0.25) is 14.4 Å². The fourth-order valence-electron chi connectivity index (χ4n) is 8.08. The van der Waals surface area contributed by atoms with Gasteiger partial charge in [0.1, 0.15) is 13.2 Å². The SMILES string of the molecule is CCC(C)CCCCCCCCCCCCC(=O)O[C@H](COC(=O)CCCCCCCCCCCCCCCC(C)C)COC(=O)CCCCCCCCCCCC(C)C. The van der Waals surface area contributed by atoms with Crippen molar-refractivity contribution in [3.8, 4) is 0 Å². The highest BCUT2D eigenvalue weighted by Crippen LogP contribution is 2.18. The van der Waals surface area contributed by atoms with E-state index in [0.717, 1.165) is 75.5 Å². The molecule has 356 valence electrons. The molecule has 0 fully saturated rings. The molecule has 0 rings (SSSR count). The summed E-state index contributed by atoms with van der Waals surface area (Å²) >= 11 is 0. The van der Waals surface area contributed by atoms with Gasteiger partial charge in [-0.2, -0.15) is 0 Å². The lowest BCUT2D eigenvalue weighted by molar-refractivity contribution is -0.167. The van der Waals surface area contributed by atoms with Crippen LogP contribution >= 0.6 is 0 Å². The molecule has 0 spiro atoms. The number of hydrogen-bond donors (Lipinski definition) is 0. The molecule has 0 aromatic heterocycles. The zero-order valence-corrected chi connectivity index (χ0v) is 41.3. The molecule has 0 heterocycles. The van der Waals surface area contributed by atoms with Crippen LogP contribution in [0.1, 0.15) is 292 Å². The molecule has 60 heavy (non-hydrogen) atoms. The van der Waals surface area contributed by atoms with Crippen LogP contribution in [-0.2, 0) is 28.6 Å². The Bertz CT molecular complexity index is 931.